The maximum Gasteiger partial charge on any atom is 0.241 e. The molecule has 26 heavy (non-hydrogen) atoms. The first-order valence-corrected chi connectivity index (χ1v) is 10.4. The van der Waals surface area contributed by atoms with Gasteiger partial charge in [0.15, 0.2) is 12.3 Å². The Morgan fingerprint density at radius 3 is 2.38 bits per heavy atom. The highest BCUT2D eigenvalue weighted by molar-refractivity contribution is 7.89. The molecule has 2 aromatic carbocycles. The fraction of sp³-hybridized carbons (Fsp3) is 0.350. The van der Waals surface area contributed by atoms with Crippen molar-refractivity contribution in [1.82, 2.24) is 4.72 Å². The van der Waals surface area contributed by atoms with E-state index in [1.54, 1.807) is 30.5 Å². The van der Waals surface area contributed by atoms with Crippen molar-refractivity contribution < 1.29 is 13.2 Å². The van der Waals surface area contributed by atoms with E-state index < -0.39 is 22.1 Å². The zero-order chi connectivity index (χ0) is 18.6. The molecular formula is C20H24N2O3S. The predicted octanol–water partition coefficient (Wildman–Crippen LogP) is 3.21. The van der Waals surface area contributed by atoms with Crippen molar-refractivity contribution in [3.63, 3.8) is 0 Å². The SMILES string of the molecule is Cc1ccc(S(=O)(=O)N[C@@H]2CCCC[C@H]2/[N+]([O-])=C/c2ccccc2)cc1. The Hall–Kier alpha value is -2.18. The summed E-state index contributed by atoms with van der Waals surface area (Å²) >= 11 is 0. The molecule has 1 saturated carbocycles. The quantitative estimate of drug-likeness (QED) is 0.379. The fourth-order valence-electron chi connectivity index (χ4n) is 3.32. The summed E-state index contributed by atoms with van der Waals surface area (Å²) < 4.78 is 29.1. The Morgan fingerprint density at radius 2 is 1.69 bits per heavy atom. The molecule has 1 N–H and O–H groups in total. The van der Waals surface area contributed by atoms with Crippen LogP contribution in [0.5, 0.6) is 0 Å². The topological polar surface area (TPSA) is 72.2 Å². The smallest absolute Gasteiger partial charge is 0.241 e. The number of aryl methyl sites for hydroxylation is 1. The van der Waals surface area contributed by atoms with Crippen LogP contribution in [0.2, 0.25) is 0 Å². The van der Waals surface area contributed by atoms with Crippen LogP contribution in [0.25, 0.3) is 0 Å². The Labute approximate surface area is 155 Å². The first-order chi connectivity index (χ1) is 12.5. The summed E-state index contributed by atoms with van der Waals surface area (Å²) in [7, 11) is -3.65. The van der Waals surface area contributed by atoms with Gasteiger partial charge in [-0.15, -0.1) is 0 Å². The van der Waals surface area contributed by atoms with Gasteiger partial charge in [0, 0.05) is 12.0 Å². The maximum absolute atomic E-state index is 12.7. The van der Waals surface area contributed by atoms with Crippen LogP contribution >= 0.6 is 0 Å². The minimum absolute atomic E-state index is 0.233. The summed E-state index contributed by atoms with van der Waals surface area (Å²) in [6.07, 6.45) is 4.72. The van der Waals surface area contributed by atoms with Gasteiger partial charge in [0.1, 0.15) is 0 Å². The summed E-state index contributed by atoms with van der Waals surface area (Å²) in [6, 6.07) is 15.3. The van der Waals surface area contributed by atoms with E-state index in [1.807, 2.05) is 37.3 Å². The van der Waals surface area contributed by atoms with Crippen molar-refractivity contribution in [3.8, 4) is 0 Å². The molecule has 0 heterocycles. The molecule has 0 amide bonds. The highest BCUT2D eigenvalue weighted by atomic mass is 32.2. The van der Waals surface area contributed by atoms with Gasteiger partial charge in [-0.1, -0.05) is 42.3 Å². The first-order valence-electron chi connectivity index (χ1n) is 8.90. The largest absolute Gasteiger partial charge is 0.624 e. The number of rotatable bonds is 5. The predicted molar refractivity (Wildman–Crippen MR) is 103 cm³/mol. The summed E-state index contributed by atoms with van der Waals surface area (Å²) in [5.74, 6) is 0. The minimum Gasteiger partial charge on any atom is -0.624 e. The molecule has 1 fully saturated rings. The molecule has 0 spiro atoms. The van der Waals surface area contributed by atoms with E-state index in [0.29, 0.717) is 12.8 Å². The second-order valence-corrected chi connectivity index (χ2v) is 8.51. The zero-order valence-corrected chi connectivity index (χ0v) is 15.7. The second-order valence-electron chi connectivity index (χ2n) is 6.79. The molecule has 2 aromatic rings. The summed E-state index contributed by atoms with van der Waals surface area (Å²) in [5, 5.41) is 12.7. The molecule has 0 unspecified atom stereocenters. The van der Waals surface area contributed by atoms with Gasteiger partial charge in [0.25, 0.3) is 0 Å². The van der Waals surface area contributed by atoms with E-state index in [2.05, 4.69) is 4.72 Å². The van der Waals surface area contributed by atoms with Crippen LogP contribution in [-0.2, 0) is 10.0 Å². The molecule has 6 heteroatoms. The summed E-state index contributed by atoms with van der Waals surface area (Å²) in [5.41, 5.74) is 1.82. The Kier molecular flexibility index (Phi) is 5.74. The standard InChI is InChI=1S/C20H24N2O3S/c1-16-11-13-18(14-12-16)26(24,25)21-19-9-5-6-10-20(19)22(23)15-17-7-3-2-4-8-17/h2-4,7-8,11-15,19-21H,5-6,9-10H2,1H3/b22-15-/t19-,20-/m1/s1. The van der Waals surface area contributed by atoms with Gasteiger partial charge < -0.3 is 5.21 Å². The van der Waals surface area contributed by atoms with Crippen LogP contribution in [0.15, 0.2) is 59.5 Å². The Morgan fingerprint density at radius 1 is 1.04 bits per heavy atom. The lowest BCUT2D eigenvalue weighted by molar-refractivity contribution is -0.504. The lowest BCUT2D eigenvalue weighted by atomic mass is 9.91. The van der Waals surface area contributed by atoms with Gasteiger partial charge in [0.2, 0.25) is 10.0 Å². The lowest BCUT2D eigenvalue weighted by Crippen LogP contribution is -2.49. The molecule has 0 radical (unpaired) electrons. The molecule has 0 bridgehead atoms. The zero-order valence-electron chi connectivity index (χ0n) is 14.8. The molecule has 1 aliphatic carbocycles. The van der Waals surface area contributed by atoms with Crippen LogP contribution in [0, 0.1) is 12.1 Å². The Bertz CT molecular complexity index is 862. The van der Waals surface area contributed by atoms with Gasteiger partial charge in [-0.3, -0.25) is 0 Å². The third-order valence-electron chi connectivity index (χ3n) is 4.77. The summed E-state index contributed by atoms with van der Waals surface area (Å²) in [6.45, 7) is 1.91. The van der Waals surface area contributed by atoms with E-state index in [-0.39, 0.29) is 4.90 Å². The third-order valence-corrected chi connectivity index (χ3v) is 6.28. The van der Waals surface area contributed by atoms with E-state index >= 15 is 0 Å². The van der Waals surface area contributed by atoms with Crippen molar-refractivity contribution in [1.29, 1.82) is 0 Å². The van der Waals surface area contributed by atoms with E-state index in [9.17, 15) is 13.6 Å². The third kappa shape index (κ3) is 4.51. The van der Waals surface area contributed by atoms with Crippen LogP contribution in [0.3, 0.4) is 0 Å². The van der Waals surface area contributed by atoms with Crippen molar-refractivity contribution in [3.05, 3.63) is 70.9 Å². The normalized spacial score (nSPS) is 21.5. The number of hydroxylamine groups is 1. The molecule has 5 nitrogen and oxygen atoms in total. The molecular weight excluding hydrogens is 348 g/mol. The molecule has 2 atom stereocenters. The van der Waals surface area contributed by atoms with Gasteiger partial charge in [-0.25, -0.2) is 17.9 Å². The van der Waals surface area contributed by atoms with Gasteiger partial charge >= 0.3 is 0 Å². The second kappa shape index (κ2) is 8.01. The average Bonchev–Trinajstić information content (AvgIpc) is 2.63. The van der Waals surface area contributed by atoms with E-state index in [0.717, 1.165) is 28.7 Å². The van der Waals surface area contributed by atoms with Crippen LogP contribution in [-0.4, -0.2) is 31.5 Å². The van der Waals surface area contributed by atoms with Crippen molar-refractivity contribution in [2.45, 2.75) is 49.6 Å². The number of sulfonamides is 1. The number of benzene rings is 2. The van der Waals surface area contributed by atoms with Crippen molar-refractivity contribution in [2.24, 2.45) is 0 Å². The number of nitrogens with one attached hydrogen (secondary N) is 1. The van der Waals surface area contributed by atoms with Crippen LogP contribution < -0.4 is 4.72 Å². The van der Waals surface area contributed by atoms with Crippen LogP contribution in [0.4, 0.5) is 0 Å². The minimum atomic E-state index is -3.65. The van der Waals surface area contributed by atoms with Crippen molar-refractivity contribution in [2.75, 3.05) is 0 Å². The molecule has 0 aliphatic heterocycles. The first kappa shape index (κ1) is 18.6. The summed E-state index contributed by atoms with van der Waals surface area (Å²) in [4.78, 5) is 0.233. The Balaban J connectivity index is 1.80. The molecule has 0 aromatic heterocycles. The highest BCUT2D eigenvalue weighted by Crippen LogP contribution is 2.23. The van der Waals surface area contributed by atoms with Gasteiger partial charge in [-0.2, -0.15) is 0 Å². The maximum atomic E-state index is 12.7. The van der Waals surface area contributed by atoms with Crippen LogP contribution in [0.1, 0.15) is 36.8 Å². The number of hydrogen-bond donors (Lipinski definition) is 1. The molecule has 0 saturated heterocycles. The average molecular weight is 372 g/mol. The van der Waals surface area contributed by atoms with Gasteiger partial charge in [0.05, 0.1) is 10.9 Å². The fourth-order valence-corrected chi connectivity index (χ4v) is 4.62. The number of nitrogens with zero attached hydrogens (tertiary/aromatic N) is 1. The lowest BCUT2D eigenvalue weighted by Gasteiger charge is -2.30. The van der Waals surface area contributed by atoms with Gasteiger partial charge in [-0.05, 0) is 44.0 Å². The highest BCUT2D eigenvalue weighted by Gasteiger charge is 2.34. The van der Waals surface area contributed by atoms with Crippen molar-refractivity contribution >= 4 is 16.2 Å². The number of hydrogen-bond acceptors (Lipinski definition) is 3. The van der Waals surface area contributed by atoms with E-state index in [4.69, 9.17) is 0 Å². The molecule has 138 valence electrons. The van der Waals surface area contributed by atoms with E-state index in [1.165, 1.54) is 0 Å². The molecule has 3 rings (SSSR count). The monoisotopic (exact) mass is 372 g/mol. The molecule has 1 aliphatic rings.